The van der Waals surface area contributed by atoms with E-state index in [0.717, 1.165) is 28.5 Å². The van der Waals surface area contributed by atoms with Gasteiger partial charge in [-0.3, -0.25) is 9.59 Å². The third kappa shape index (κ3) is 3.33. The number of nitrogens with zero attached hydrogens (tertiary/aromatic N) is 2. The van der Waals surface area contributed by atoms with Crippen LogP contribution in [-0.2, 0) is 4.79 Å². The van der Waals surface area contributed by atoms with E-state index in [9.17, 15) is 9.59 Å². The number of hydrogen-bond donors (Lipinski definition) is 1. The van der Waals surface area contributed by atoms with E-state index in [4.69, 9.17) is 0 Å². The van der Waals surface area contributed by atoms with E-state index in [2.05, 4.69) is 10.3 Å². The predicted octanol–water partition coefficient (Wildman–Crippen LogP) is 4.25. The fraction of sp³-hybridized carbons (Fsp3) is 0.167. The number of carbonyl (C=O) groups excluding carboxylic acids is 2. The summed E-state index contributed by atoms with van der Waals surface area (Å²) in [6.45, 7) is 0.759. The molecule has 0 bridgehead atoms. The number of thiophene rings is 1. The van der Waals surface area contributed by atoms with E-state index >= 15 is 0 Å². The van der Waals surface area contributed by atoms with Crippen LogP contribution in [0.5, 0.6) is 0 Å². The van der Waals surface area contributed by atoms with Gasteiger partial charge in [0, 0.05) is 29.7 Å². The van der Waals surface area contributed by atoms with Crippen LogP contribution >= 0.6 is 22.7 Å². The van der Waals surface area contributed by atoms with Crippen LogP contribution in [0.4, 0.5) is 11.4 Å². The monoisotopic (exact) mass is 369 g/mol. The molecule has 1 aliphatic rings. The standard InChI is InChI=1S/C18H15N3O2S2/c22-16-4-1-9-21(16)13-7-5-12(6-8-13)19-17(23)14-11-25-18(20-14)15-3-2-10-24-15/h2-3,5-8,10-11H,1,4,9H2,(H,19,23). The first-order valence-electron chi connectivity index (χ1n) is 7.92. The minimum Gasteiger partial charge on any atom is -0.321 e. The molecular weight excluding hydrogens is 354 g/mol. The van der Waals surface area contributed by atoms with E-state index in [1.165, 1.54) is 11.3 Å². The van der Waals surface area contributed by atoms with Crippen LogP contribution in [0.2, 0.25) is 0 Å². The summed E-state index contributed by atoms with van der Waals surface area (Å²) in [7, 11) is 0. The van der Waals surface area contributed by atoms with Crippen LogP contribution in [0, 0.1) is 0 Å². The van der Waals surface area contributed by atoms with Gasteiger partial charge >= 0.3 is 0 Å². The maximum Gasteiger partial charge on any atom is 0.275 e. The summed E-state index contributed by atoms with van der Waals surface area (Å²) in [6.07, 6.45) is 1.50. The lowest BCUT2D eigenvalue weighted by molar-refractivity contribution is -0.117. The fourth-order valence-corrected chi connectivity index (χ4v) is 4.35. The van der Waals surface area contributed by atoms with Crippen LogP contribution in [0.3, 0.4) is 0 Å². The molecule has 0 spiro atoms. The number of rotatable bonds is 4. The van der Waals surface area contributed by atoms with Crippen LogP contribution in [0.15, 0.2) is 47.2 Å². The highest BCUT2D eigenvalue weighted by molar-refractivity contribution is 7.20. The molecule has 3 aromatic rings. The molecule has 25 heavy (non-hydrogen) atoms. The maximum atomic E-state index is 12.4. The molecule has 4 rings (SSSR count). The zero-order valence-electron chi connectivity index (χ0n) is 13.3. The molecule has 0 atom stereocenters. The summed E-state index contributed by atoms with van der Waals surface area (Å²) in [5.74, 6) is -0.0792. The van der Waals surface area contributed by atoms with Gasteiger partial charge in [-0.25, -0.2) is 4.98 Å². The summed E-state index contributed by atoms with van der Waals surface area (Å²) in [5.41, 5.74) is 1.97. The molecule has 2 amide bonds. The Morgan fingerprint density at radius 1 is 1.16 bits per heavy atom. The number of anilines is 2. The zero-order valence-corrected chi connectivity index (χ0v) is 14.9. The van der Waals surface area contributed by atoms with Crippen molar-refractivity contribution in [2.24, 2.45) is 0 Å². The third-order valence-electron chi connectivity index (χ3n) is 3.98. The quantitative estimate of drug-likeness (QED) is 0.748. The second kappa shape index (κ2) is 6.78. The molecule has 1 aromatic carbocycles. The largest absolute Gasteiger partial charge is 0.321 e. The number of nitrogens with one attached hydrogen (secondary N) is 1. The van der Waals surface area contributed by atoms with Crippen molar-refractivity contribution in [1.29, 1.82) is 0 Å². The van der Waals surface area contributed by atoms with Gasteiger partial charge in [-0.15, -0.1) is 22.7 Å². The first-order chi connectivity index (χ1) is 12.2. The van der Waals surface area contributed by atoms with Gasteiger partial charge in [0.25, 0.3) is 5.91 Å². The van der Waals surface area contributed by atoms with E-state index in [0.29, 0.717) is 17.8 Å². The number of hydrogen-bond acceptors (Lipinski definition) is 5. The highest BCUT2D eigenvalue weighted by Crippen LogP contribution is 2.28. The lowest BCUT2D eigenvalue weighted by atomic mass is 10.2. The number of carbonyl (C=O) groups is 2. The Balaban J connectivity index is 1.45. The SMILES string of the molecule is O=C(Nc1ccc(N2CCCC2=O)cc1)c1csc(-c2cccs2)n1. The summed E-state index contributed by atoms with van der Waals surface area (Å²) in [6, 6.07) is 11.3. The Kier molecular flexibility index (Phi) is 4.33. The van der Waals surface area contributed by atoms with Gasteiger partial charge in [-0.2, -0.15) is 0 Å². The molecule has 0 unspecified atom stereocenters. The molecule has 0 saturated carbocycles. The molecule has 0 radical (unpaired) electrons. The van der Waals surface area contributed by atoms with Crippen molar-refractivity contribution in [3.63, 3.8) is 0 Å². The van der Waals surface area contributed by atoms with Crippen molar-refractivity contribution in [3.8, 4) is 9.88 Å². The van der Waals surface area contributed by atoms with Crippen molar-refractivity contribution in [1.82, 2.24) is 4.98 Å². The van der Waals surface area contributed by atoms with Gasteiger partial charge in [-0.05, 0) is 42.1 Å². The van der Waals surface area contributed by atoms with E-state index in [1.54, 1.807) is 21.6 Å². The number of thiazole rings is 1. The molecule has 2 aromatic heterocycles. The van der Waals surface area contributed by atoms with Crippen LogP contribution < -0.4 is 10.2 Å². The zero-order chi connectivity index (χ0) is 17.2. The Morgan fingerprint density at radius 2 is 2.00 bits per heavy atom. The topological polar surface area (TPSA) is 62.3 Å². The van der Waals surface area contributed by atoms with Gasteiger partial charge < -0.3 is 10.2 Å². The second-order valence-electron chi connectivity index (χ2n) is 5.67. The van der Waals surface area contributed by atoms with Gasteiger partial charge in [0.2, 0.25) is 5.91 Å². The lowest BCUT2D eigenvalue weighted by Gasteiger charge is -2.16. The van der Waals surface area contributed by atoms with Crippen molar-refractivity contribution >= 4 is 45.9 Å². The molecule has 1 aliphatic heterocycles. The molecule has 1 fully saturated rings. The molecular formula is C18H15N3O2S2. The van der Waals surface area contributed by atoms with Crippen LogP contribution in [0.1, 0.15) is 23.3 Å². The summed E-state index contributed by atoms with van der Waals surface area (Å²) in [4.78, 5) is 31.4. The second-order valence-corrected chi connectivity index (χ2v) is 7.47. The van der Waals surface area contributed by atoms with Crippen LogP contribution in [0.25, 0.3) is 9.88 Å². The normalized spacial score (nSPS) is 14.1. The van der Waals surface area contributed by atoms with E-state index in [-0.39, 0.29) is 11.8 Å². The summed E-state index contributed by atoms with van der Waals surface area (Å²) >= 11 is 3.06. The minimum atomic E-state index is -0.232. The molecule has 1 saturated heterocycles. The lowest BCUT2D eigenvalue weighted by Crippen LogP contribution is -2.23. The summed E-state index contributed by atoms with van der Waals surface area (Å²) < 4.78 is 0. The van der Waals surface area contributed by atoms with Crippen molar-refractivity contribution in [2.45, 2.75) is 12.8 Å². The summed E-state index contributed by atoms with van der Waals surface area (Å²) in [5, 5.41) is 7.46. The predicted molar refractivity (Wildman–Crippen MR) is 101 cm³/mol. The number of benzene rings is 1. The fourth-order valence-electron chi connectivity index (χ4n) is 2.73. The van der Waals surface area contributed by atoms with Crippen molar-refractivity contribution in [3.05, 3.63) is 52.9 Å². The van der Waals surface area contributed by atoms with Gasteiger partial charge in [-0.1, -0.05) is 6.07 Å². The van der Waals surface area contributed by atoms with Gasteiger partial charge in [0.1, 0.15) is 10.7 Å². The first kappa shape index (κ1) is 16.0. The number of aromatic nitrogens is 1. The molecule has 5 nitrogen and oxygen atoms in total. The molecule has 7 heteroatoms. The average Bonchev–Trinajstić information content (AvgIpc) is 3.36. The minimum absolute atomic E-state index is 0.153. The van der Waals surface area contributed by atoms with Gasteiger partial charge in [0.05, 0.1) is 4.88 Å². The smallest absolute Gasteiger partial charge is 0.275 e. The molecule has 0 aliphatic carbocycles. The van der Waals surface area contributed by atoms with Gasteiger partial charge in [0.15, 0.2) is 0 Å². The highest BCUT2D eigenvalue weighted by Gasteiger charge is 2.21. The van der Waals surface area contributed by atoms with Crippen molar-refractivity contribution < 1.29 is 9.59 Å². The molecule has 1 N–H and O–H groups in total. The Hall–Kier alpha value is -2.51. The maximum absolute atomic E-state index is 12.4. The van der Waals surface area contributed by atoms with E-state index in [1.807, 2.05) is 41.8 Å². The molecule has 126 valence electrons. The van der Waals surface area contributed by atoms with Crippen molar-refractivity contribution in [2.75, 3.05) is 16.8 Å². The average molecular weight is 369 g/mol. The highest BCUT2D eigenvalue weighted by atomic mass is 32.1. The number of amides is 2. The molecule has 3 heterocycles. The Morgan fingerprint density at radius 3 is 2.68 bits per heavy atom. The first-order valence-corrected chi connectivity index (χ1v) is 9.68. The Bertz CT molecular complexity index is 901. The van der Waals surface area contributed by atoms with E-state index < -0.39 is 0 Å². The Labute approximate surface area is 152 Å². The third-order valence-corrected chi connectivity index (χ3v) is 5.86. The van der Waals surface area contributed by atoms with Crippen LogP contribution in [-0.4, -0.2) is 23.3 Å².